The van der Waals surface area contributed by atoms with Crippen LogP contribution in [0.3, 0.4) is 0 Å². The minimum absolute atomic E-state index is 0.230. The summed E-state index contributed by atoms with van der Waals surface area (Å²) >= 11 is 1.63. The molecule has 2 heterocycles. The normalized spacial score (nSPS) is 15.0. The van der Waals surface area contributed by atoms with E-state index in [0.29, 0.717) is 37.4 Å². The van der Waals surface area contributed by atoms with Crippen molar-refractivity contribution in [2.75, 3.05) is 32.2 Å². The van der Waals surface area contributed by atoms with Crippen LogP contribution in [0.1, 0.15) is 29.7 Å². The van der Waals surface area contributed by atoms with Crippen LogP contribution in [0.15, 0.2) is 52.7 Å². The third kappa shape index (κ3) is 4.76. The number of thiazole rings is 1. The highest BCUT2D eigenvalue weighted by Crippen LogP contribution is 2.35. The van der Waals surface area contributed by atoms with Gasteiger partial charge in [-0.05, 0) is 37.5 Å². The first-order chi connectivity index (χ1) is 15.4. The van der Waals surface area contributed by atoms with Crippen molar-refractivity contribution in [2.45, 2.75) is 36.3 Å². The van der Waals surface area contributed by atoms with Gasteiger partial charge in [-0.1, -0.05) is 29.8 Å². The van der Waals surface area contributed by atoms with Crippen molar-refractivity contribution in [1.29, 1.82) is 0 Å². The molecule has 0 atom stereocenters. The van der Waals surface area contributed by atoms with E-state index in [1.165, 1.54) is 18.2 Å². The number of benzene rings is 2. The average Bonchev–Trinajstić information content (AvgIpc) is 3.27. The summed E-state index contributed by atoms with van der Waals surface area (Å²) in [7, 11) is -0.475. The fourth-order valence-electron chi connectivity index (χ4n) is 4.10. The van der Waals surface area contributed by atoms with Gasteiger partial charge in [0.1, 0.15) is 16.4 Å². The van der Waals surface area contributed by atoms with Crippen LogP contribution in [-0.2, 0) is 16.3 Å². The van der Waals surface area contributed by atoms with Gasteiger partial charge < -0.3 is 14.4 Å². The Morgan fingerprint density at radius 1 is 1.09 bits per heavy atom. The fraction of sp³-hybridized carbons (Fsp3) is 0.375. The Balaban J connectivity index is 1.43. The summed E-state index contributed by atoms with van der Waals surface area (Å²) < 4.78 is 37.1. The molecule has 1 saturated heterocycles. The summed E-state index contributed by atoms with van der Waals surface area (Å²) in [5, 5.41) is 2.63. The maximum atomic E-state index is 13.3. The molecule has 1 aliphatic rings. The first-order valence-electron chi connectivity index (χ1n) is 10.6. The minimum atomic E-state index is -3.50. The van der Waals surface area contributed by atoms with Gasteiger partial charge in [-0.25, -0.2) is 13.4 Å². The maximum absolute atomic E-state index is 13.3. The third-order valence-electron chi connectivity index (χ3n) is 5.84. The highest BCUT2D eigenvalue weighted by atomic mass is 32.2. The quantitative estimate of drug-likeness (QED) is 0.504. The van der Waals surface area contributed by atoms with Crippen LogP contribution >= 0.6 is 11.3 Å². The zero-order valence-corrected chi connectivity index (χ0v) is 20.2. The van der Waals surface area contributed by atoms with E-state index in [4.69, 9.17) is 14.5 Å². The summed E-state index contributed by atoms with van der Waals surface area (Å²) in [5.74, 6) is 0.897. The van der Waals surface area contributed by atoms with Crippen LogP contribution in [0.25, 0.3) is 0 Å². The van der Waals surface area contributed by atoms with Gasteiger partial charge in [0.25, 0.3) is 0 Å². The first kappa shape index (κ1) is 22.6. The van der Waals surface area contributed by atoms with E-state index in [1.807, 2.05) is 0 Å². The molecule has 0 aliphatic carbocycles. The van der Waals surface area contributed by atoms with Crippen LogP contribution in [0.5, 0.6) is 11.5 Å². The molecule has 0 amide bonds. The number of aromatic nitrogens is 1. The number of hydrogen-bond acceptors (Lipinski definition) is 7. The zero-order chi connectivity index (χ0) is 22.7. The molecule has 170 valence electrons. The van der Waals surface area contributed by atoms with E-state index in [9.17, 15) is 8.42 Å². The van der Waals surface area contributed by atoms with Crippen LogP contribution in [0, 0.1) is 6.92 Å². The van der Waals surface area contributed by atoms with Gasteiger partial charge in [0, 0.05) is 31.0 Å². The Morgan fingerprint density at radius 3 is 2.56 bits per heavy atom. The number of piperidine rings is 1. The number of methoxy groups -OCH3 is 2. The predicted octanol–water partition coefficient (Wildman–Crippen LogP) is 4.50. The largest absolute Gasteiger partial charge is 0.497 e. The summed E-state index contributed by atoms with van der Waals surface area (Å²) in [4.78, 5) is 7.24. The van der Waals surface area contributed by atoms with Gasteiger partial charge in [-0.2, -0.15) is 0 Å². The van der Waals surface area contributed by atoms with E-state index in [1.54, 1.807) is 36.6 Å². The van der Waals surface area contributed by atoms with Gasteiger partial charge in [0.05, 0.1) is 25.2 Å². The van der Waals surface area contributed by atoms with Crippen molar-refractivity contribution < 1.29 is 17.9 Å². The Labute approximate surface area is 193 Å². The lowest BCUT2D eigenvalue weighted by atomic mass is 10.1. The number of anilines is 1. The van der Waals surface area contributed by atoms with Gasteiger partial charge in [-0.3, -0.25) is 0 Å². The monoisotopic (exact) mass is 472 g/mol. The summed E-state index contributed by atoms with van der Waals surface area (Å²) in [5.41, 5.74) is 3.54. The van der Waals surface area contributed by atoms with Crippen molar-refractivity contribution in [2.24, 2.45) is 0 Å². The maximum Gasteiger partial charge on any atom is 0.185 e. The second kappa shape index (κ2) is 9.50. The summed E-state index contributed by atoms with van der Waals surface area (Å²) in [6.45, 7) is 3.43. The van der Waals surface area contributed by atoms with Crippen molar-refractivity contribution >= 4 is 26.3 Å². The Hall–Kier alpha value is -2.58. The first-order valence-corrected chi connectivity index (χ1v) is 13.0. The van der Waals surface area contributed by atoms with E-state index in [0.717, 1.165) is 17.2 Å². The van der Waals surface area contributed by atoms with Crippen molar-refractivity contribution in [3.8, 4) is 11.5 Å². The molecule has 1 aliphatic heterocycles. The van der Waals surface area contributed by atoms with Gasteiger partial charge in [-0.15, -0.1) is 11.3 Å². The third-order valence-corrected chi connectivity index (χ3v) is 9.09. The standard InChI is InChI=1S/C24H28N2O4S2/c1-17-5-4-6-18(13-17)14-19-16-31-24(25-19)26-11-9-21(10-12-26)32(27,28)23-8-7-20(29-2)15-22(23)30-3/h4-8,13,15-16,21H,9-12,14H2,1-3H3. The van der Waals surface area contributed by atoms with E-state index < -0.39 is 15.1 Å². The molecule has 0 spiro atoms. The van der Waals surface area contributed by atoms with Crippen molar-refractivity contribution in [3.05, 3.63) is 64.7 Å². The molecule has 1 aromatic heterocycles. The van der Waals surface area contributed by atoms with Crippen LogP contribution in [-0.4, -0.2) is 46.0 Å². The fourth-order valence-corrected chi connectivity index (χ4v) is 6.85. The molecule has 0 N–H and O–H groups in total. The van der Waals surface area contributed by atoms with Crippen LogP contribution < -0.4 is 14.4 Å². The molecular weight excluding hydrogens is 444 g/mol. The Kier molecular flexibility index (Phi) is 6.71. The lowest BCUT2D eigenvalue weighted by molar-refractivity contribution is 0.385. The molecule has 0 saturated carbocycles. The molecule has 0 bridgehead atoms. The number of nitrogens with zero attached hydrogens (tertiary/aromatic N) is 2. The molecule has 32 heavy (non-hydrogen) atoms. The number of sulfone groups is 1. The van der Waals surface area contributed by atoms with Gasteiger partial charge >= 0.3 is 0 Å². The van der Waals surface area contributed by atoms with Crippen molar-refractivity contribution in [3.63, 3.8) is 0 Å². The molecule has 1 fully saturated rings. The zero-order valence-electron chi connectivity index (χ0n) is 18.6. The molecule has 2 aromatic carbocycles. The Bertz CT molecular complexity index is 1180. The van der Waals surface area contributed by atoms with Gasteiger partial charge in [0.2, 0.25) is 0 Å². The van der Waals surface area contributed by atoms with E-state index >= 15 is 0 Å². The topological polar surface area (TPSA) is 68.7 Å². The number of aryl methyl sites for hydroxylation is 1. The number of rotatable bonds is 7. The number of hydrogen-bond donors (Lipinski definition) is 0. The van der Waals surface area contributed by atoms with E-state index in [-0.39, 0.29) is 4.90 Å². The average molecular weight is 473 g/mol. The predicted molar refractivity (Wildman–Crippen MR) is 128 cm³/mol. The Morgan fingerprint density at radius 2 is 1.88 bits per heavy atom. The minimum Gasteiger partial charge on any atom is -0.497 e. The second-order valence-electron chi connectivity index (χ2n) is 8.04. The molecule has 4 rings (SSSR count). The highest BCUT2D eigenvalue weighted by molar-refractivity contribution is 7.92. The molecule has 0 radical (unpaired) electrons. The molecule has 0 unspecified atom stereocenters. The highest BCUT2D eigenvalue weighted by Gasteiger charge is 2.34. The molecule has 6 nitrogen and oxygen atoms in total. The molecule has 3 aromatic rings. The van der Waals surface area contributed by atoms with Crippen molar-refractivity contribution in [1.82, 2.24) is 4.98 Å². The SMILES string of the molecule is COc1ccc(S(=O)(=O)C2CCN(c3nc(Cc4cccc(C)c4)cs3)CC2)c(OC)c1. The smallest absolute Gasteiger partial charge is 0.185 e. The second-order valence-corrected chi connectivity index (χ2v) is 11.1. The molecular formula is C24H28N2O4S2. The van der Waals surface area contributed by atoms with Crippen LogP contribution in [0.4, 0.5) is 5.13 Å². The van der Waals surface area contributed by atoms with Crippen LogP contribution in [0.2, 0.25) is 0 Å². The van der Waals surface area contributed by atoms with E-state index in [2.05, 4.69) is 41.5 Å². The summed E-state index contributed by atoms with van der Waals surface area (Å²) in [6.07, 6.45) is 1.93. The lowest BCUT2D eigenvalue weighted by Gasteiger charge is -2.31. The van der Waals surface area contributed by atoms with Gasteiger partial charge in [0.15, 0.2) is 15.0 Å². The number of ether oxygens (including phenoxy) is 2. The summed E-state index contributed by atoms with van der Waals surface area (Å²) in [6, 6.07) is 13.3. The lowest BCUT2D eigenvalue weighted by Crippen LogP contribution is -2.39. The molecule has 8 heteroatoms.